The van der Waals surface area contributed by atoms with E-state index in [4.69, 9.17) is 4.74 Å². The first-order chi connectivity index (χ1) is 9.16. The van der Waals surface area contributed by atoms with Crippen LogP contribution in [0.1, 0.15) is 17.3 Å². The van der Waals surface area contributed by atoms with Crippen LogP contribution in [0, 0.1) is 0 Å². The summed E-state index contributed by atoms with van der Waals surface area (Å²) >= 11 is 0. The van der Waals surface area contributed by atoms with Gasteiger partial charge in [0.25, 0.3) is 0 Å². The van der Waals surface area contributed by atoms with E-state index in [1.165, 1.54) is 0 Å². The summed E-state index contributed by atoms with van der Waals surface area (Å²) in [6.45, 7) is 5.79. The number of hydrogen-bond donors (Lipinski definition) is 0. The Hall–Kier alpha value is -2.35. The van der Waals surface area contributed by atoms with Crippen LogP contribution in [0.5, 0.6) is 0 Å². The van der Waals surface area contributed by atoms with E-state index in [2.05, 4.69) is 6.58 Å². The fourth-order valence-corrected chi connectivity index (χ4v) is 1.73. The first-order valence-electron chi connectivity index (χ1n) is 6.14. The summed E-state index contributed by atoms with van der Waals surface area (Å²) in [6, 6.07) is 17.4. The molecule has 0 aromatic heterocycles. The number of carbonyl (C=O) groups is 1. The molecule has 0 radical (unpaired) electrons. The fraction of sp³-hybridized carbons (Fsp3) is 0.118. The van der Waals surface area contributed by atoms with E-state index in [1.54, 1.807) is 6.07 Å². The van der Waals surface area contributed by atoms with Gasteiger partial charge >= 0.3 is 5.97 Å². The van der Waals surface area contributed by atoms with E-state index in [9.17, 15) is 4.79 Å². The highest BCUT2D eigenvalue weighted by molar-refractivity contribution is 5.91. The van der Waals surface area contributed by atoms with Crippen LogP contribution in [-0.4, -0.2) is 12.6 Å². The van der Waals surface area contributed by atoms with Crippen molar-refractivity contribution in [2.45, 2.75) is 6.92 Å². The summed E-state index contributed by atoms with van der Waals surface area (Å²) in [5, 5.41) is 0. The Morgan fingerprint density at radius 3 is 2.42 bits per heavy atom. The highest BCUT2D eigenvalue weighted by atomic mass is 16.5. The Morgan fingerprint density at radius 1 is 1.05 bits per heavy atom. The van der Waals surface area contributed by atoms with Crippen LogP contribution < -0.4 is 0 Å². The van der Waals surface area contributed by atoms with Gasteiger partial charge in [0.15, 0.2) is 0 Å². The largest absolute Gasteiger partial charge is 0.458 e. The van der Waals surface area contributed by atoms with Crippen molar-refractivity contribution < 1.29 is 9.53 Å². The number of benzene rings is 2. The van der Waals surface area contributed by atoms with Crippen LogP contribution in [0.2, 0.25) is 0 Å². The normalized spacial score (nSPS) is 9.95. The van der Waals surface area contributed by atoms with Gasteiger partial charge in [-0.15, -0.1) is 0 Å². The van der Waals surface area contributed by atoms with Gasteiger partial charge in [-0.25, -0.2) is 4.79 Å². The second-order valence-corrected chi connectivity index (χ2v) is 4.48. The van der Waals surface area contributed by atoms with E-state index in [-0.39, 0.29) is 12.6 Å². The van der Waals surface area contributed by atoms with Crippen molar-refractivity contribution in [1.29, 1.82) is 0 Å². The molecule has 0 aliphatic rings. The molecule has 2 nitrogen and oxygen atoms in total. The molecule has 19 heavy (non-hydrogen) atoms. The molecule has 0 aliphatic carbocycles. The van der Waals surface area contributed by atoms with Crippen LogP contribution in [-0.2, 0) is 4.74 Å². The van der Waals surface area contributed by atoms with E-state index in [0.29, 0.717) is 5.56 Å². The molecule has 0 N–H and O–H groups in total. The topological polar surface area (TPSA) is 26.3 Å². The predicted molar refractivity (Wildman–Crippen MR) is 77.0 cm³/mol. The van der Waals surface area contributed by atoms with Gasteiger partial charge in [0.2, 0.25) is 0 Å². The lowest BCUT2D eigenvalue weighted by atomic mass is 10.0. The van der Waals surface area contributed by atoms with Crippen molar-refractivity contribution >= 4 is 5.97 Å². The minimum Gasteiger partial charge on any atom is -0.458 e. The van der Waals surface area contributed by atoms with E-state index in [0.717, 1.165) is 16.7 Å². The number of hydrogen-bond acceptors (Lipinski definition) is 2. The smallest absolute Gasteiger partial charge is 0.338 e. The van der Waals surface area contributed by atoms with Crippen LogP contribution >= 0.6 is 0 Å². The zero-order valence-corrected chi connectivity index (χ0v) is 10.9. The van der Waals surface area contributed by atoms with Crippen LogP contribution in [0.25, 0.3) is 11.1 Å². The number of rotatable bonds is 4. The molecule has 0 amide bonds. The Balaban J connectivity index is 2.20. The molecule has 0 bridgehead atoms. The Kier molecular flexibility index (Phi) is 4.14. The van der Waals surface area contributed by atoms with Crippen molar-refractivity contribution in [2.75, 3.05) is 6.61 Å². The number of ether oxygens (including phenoxy) is 1. The molecule has 0 fully saturated rings. The summed E-state index contributed by atoms with van der Waals surface area (Å²) in [6.07, 6.45) is 0. The molecule has 2 aromatic carbocycles. The van der Waals surface area contributed by atoms with Crippen molar-refractivity contribution in [3.63, 3.8) is 0 Å². The molecule has 2 heteroatoms. The van der Waals surface area contributed by atoms with E-state index in [1.807, 2.05) is 55.5 Å². The lowest BCUT2D eigenvalue weighted by Crippen LogP contribution is -2.06. The standard InChI is InChI=1S/C17H16O2/c1-13(2)12-19-17(18)16-10-6-9-15(11-16)14-7-4-3-5-8-14/h3-11H,1,12H2,2H3. The van der Waals surface area contributed by atoms with Gasteiger partial charge in [0.1, 0.15) is 6.61 Å². The summed E-state index contributed by atoms with van der Waals surface area (Å²) < 4.78 is 5.14. The van der Waals surface area contributed by atoms with Gasteiger partial charge in [0, 0.05) is 0 Å². The van der Waals surface area contributed by atoms with Crippen LogP contribution in [0.3, 0.4) is 0 Å². The molecule has 0 aliphatic heterocycles. The first-order valence-corrected chi connectivity index (χ1v) is 6.14. The van der Waals surface area contributed by atoms with Gasteiger partial charge < -0.3 is 4.74 Å². The van der Waals surface area contributed by atoms with Crippen molar-refractivity contribution in [3.8, 4) is 11.1 Å². The van der Waals surface area contributed by atoms with Gasteiger partial charge in [-0.2, -0.15) is 0 Å². The van der Waals surface area contributed by atoms with Gasteiger partial charge in [0.05, 0.1) is 5.56 Å². The van der Waals surface area contributed by atoms with Crippen molar-refractivity contribution in [1.82, 2.24) is 0 Å². The second-order valence-electron chi connectivity index (χ2n) is 4.48. The molecule has 0 heterocycles. The maximum Gasteiger partial charge on any atom is 0.338 e. The van der Waals surface area contributed by atoms with Crippen LogP contribution in [0.4, 0.5) is 0 Å². The number of esters is 1. The monoisotopic (exact) mass is 252 g/mol. The molecule has 0 saturated carbocycles. The quantitative estimate of drug-likeness (QED) is 0.605. The van der Waals surface area contributed by atoms with Crippen LogP contribution in [0.15, 0.2) is 66.7 Å². The minimum absolute atomic E-state index is 0.258. The van der Waals surface area contributed by atoms with E-state index < -0.39 is 0 Å². The third kappa shape index (κ3) is 3.55. The molecule has 2 rings (SSSR count). The van der Waals surface area contributed by atoms with E-state index >= 15 is 0 Å². The molecule has 0 atom stereocenters. The third-order valence-corrected chi connectivity index (χ3v) is 2.66. The summed E-state index contributed by atoms with van der Waals surface area (Å²) in [5.74, 6) is -0.319. The Labute approximate surface area is 113 Å². The molecular formula is C17H16O2. The Morgan fingerprint density at radius 2 is 1.74 bits per heavy atom. The van der Waals surface area contributed by atoms with Gasteiger partial charge in [-0.05, 0) is 35.8 Å². The lowest BCUT2D eigenvalue weighted by Gasteiger charge is -2.06. The maximum absolute atomic E-state index is 11.9. The average molecular weight is 252 g/mol. The van der Waals surface area contributed by atoms with Crippen molar-refractivity contribution in [2.24, 2.45) is 0 Å². The van der Waals surface area contributed by atoms with Crippen molar-refractivity contribution in [3.05, 3.63) is 72.3 Å². The lowest BCUT2D eigenvalue weighted by molar-refractivity contribution is 0.0540. The predicted octanol–water partition coefficient (Wildman–Crippen LogP) is 4.09. The molecule has 0 unspecified atom stereocenters. The minimum atomic E-state index is -0.319. The maximum atomic E-state index is 11.9. The highest BCUT2D eigenvalue weighted by Crippen LogP contribution is 2.20. The number of carbonyl (C=O) groups excluding carboxylic acids is 1. The Bertz CT molecular complexity index is 585. The molecule has 2 aromatic rings. The summed E-state index contributed by atoms with van der Waals surface area (Å²) in [4.78, 5) is 11.9. The summed E-state index contributed by atoms with van der Waals surface area (Å²) in [7, 11) is 0. The summed E-state index contributed by atoms with van der Waals surface area (Å²) in [5.41, 5.74) is 3.47. The SMILES string of the molecule is C=C(C)COC(=O)c1cccc(-c2ccccc2)c1. The zero-order valence-electron chi connectivity index (χ0n) is 10.9. The third-order valence-electron chi connectivity index (χ3n) is 2.66. The highest BCUT2D eigenvalue weighted by Gasteiger charge is 2.08. The average Bonchev–Trinajstić information content (AvgIpc) is 2.46. The molecule has 0 spiro atoms. The van der Waals surface area contributed by atoms with Gasteiger partial charge in [-0.3, -0.25) is 0 Å². The van der Waals surface area contributed by atoms with Gasteiger partial charge in [-0.1, -0.05) is 49.0 Å². The molecule has 0 saturated heterocycles. The molecular weight excluding hydrogens is 236 g/mol. The fourth-order valence-electron chi connectivity index (χ4n) is 1.73. The molecule has 96 valence electrons. The zero-order chi connectivity index (χ0) is 13.7. The second kappa shape index (κ2) is 6.01. The first kappa shape index (κ1) is 13.1.